The minimum Gasteiger partial charge on any atom is -0.429 e. The Labute approximate surface area is 264 Å². The van der Waals surface area contributed by atoms with Crippen LogP contribution >= 0.6 is 0 Å². The molecule has 0 amide bonds. The van der Waals surface area contributed by atoms with Crippen molar-refractivity contribution < 1.29 is 49.0 Å². The van der Waals surface area contributed by atoms with Crippen LogP contribution in [0.15, 0.2) is 97.1 Å². The Morgan fingerprint density at radius 3 is 1.64 bits per heavy atom. The summed E-state index contributed by atoms with van der Waals surface area (Å²) in [5.41, 5.74) is 0.467. The fourth-order valence-corrected chi connectivity index (χ4v) is 4.98. The largest absolute Gasteiger partial charge is 0.573 e. The minimum atomic E-state index is -5.11. The number of hydrogen-bond acceptors (Lipinski definition) is 2. The van der Waals surface area contributed by atoms with Gasteiger partial charge in [0.15, 0.2) is 11.6 Å². The third kappa shape index (κ3) is 7.90. The highest BCUT2D eigenvalue weighted by molar-refractivity contribution is 5.72. The summed E-state index contributed by atoms with van der Waals surface area (Å²) in [6.07, 6.45) is -6.66. The maximum atomic E-state index is 15.0. The van der Waals surface area contributed by atoms with E-state index in [2.05, 4.69) is 16.4 Å². The first kappa shape index (κ1) is 33.4. The van der Waals surface area contributed by atoms with Gasteiger partial charge in [0.1, 0.15) is 28.8 Å². The fourth-order valence-electron chi connectivity index (χ4n) is 4.98. The van der Waals surface area contributed by atoms with Gasteiger partial charge in [0.05, 0.1) is 0 Å². The average Bonchev–Trinajstić information content (AvgIpc) is 3.00. The van der Waals surface area contributed by atoms with Gasteiger partial charge in [-0.2, -0.15) is 8.78 Å². The SMILES string of the molecule is CCCCc1ccc(-c2cc(F)c(C(F)(F)Oc3ccc(-c4ccc(-c5ccc(OC(F)(F)F)c(F)c5)c(F)c4)cc3)c(F)c2)cc1. The standard InChI is InChI=1S/C36H25F9O2/c1-2-3-4-21-5-7-23(8-6-21)26-19-31(39)34(32(40)20-26)35(41,42)46-27-13-9-22(10-14-27)24-11-15-28(29(37)17-24)25-12-16-33(30(38)18-25)47-36(43,44)45/h5-20H,2-4H2,1H3. The molecule has 5 aromatic rings. The number of benzene rings is 5. The second-order valence-electron chi connectivity index (χ2n) is 10.6. The van der Waals surface area contributed by atoms with Crippen molar-refractivity contribution in [1.29, 1.82) is 0 Å². The Bertz CT molecular complexity index is 1840. The van der Waals surface area contributed by atoms with Crippen molar-refractivity contribution in [2.24, 2.45) is 0 Å². The van der Waals surface area contributed by atoms with E-state index in [0.29, 0.717) is 17.2 Å². The number of unbranched alkanes of at least 4 members (excludes halogenated alkanes) is 1. The molecule has 0 N–H and O–H groups in total. The fraction of sp³-hybridized carbons (Fsp3) is 0.167. The molecule has 0 spiro atoms. The second kappa shape index (κ2) is 13.4. The van der Waals surface area contributed by atoms with Gasteiger partial charge in [-0.3, -0.25) is 0 Å². The van der Waals surface area contributed by atoms with E-state index in [1.54, 1.807) is 12.1 Å². The van der Waals surface area contributed by atoms with Gasteiger partial charge in [-0.25, -0.2) is 17.6 Å². The summed E-state index contributed by atoms with van der Waals surface area (Å²) in [5, 5.41) is 0. The van der Waals surface area contributed by atoms with E-state index in [9.17, 15) is 30.7 Å². The van der Waals surface area contributed by atoms with Gasteiger partial charge >= 0.3 is 12.5 Å². The molecular weight excluding hydrogens is 635 g/mol. The van der Waals surface area contributed by atoms with Gasteiger partial charge in [0.2, 0.25) is 0 Å². The second-order valence-corrected chi connectivity index (χ2v) is 10.6. The van der Waals surface area contributed by atoms with Crippen molar-refractivity contribution in [3.63, 3.8) is 0 Å². The van der Waals surface area contributed by atoms with Crippen molar-refractivity contribution in [3.05, 3.63) is 131 Å². The predicted molar refractivity (Wildman–Crippen MR) is 159 cm³/mol. The lowest BCUT2D eigenvalue weighted by atomic mass is 9.99. The minimum absolute atomic E-state index is 0.0557. The van der Waals surface area contributed by atoms with Gasteiger partial charge in [0, 0.05) is 5.56 Å². The quantitative estimate of drug-likeness (QED) is 0.139. The first-order chi connectivity index (χ1) is 22.2. The molecule has 0 bridgehead atoms. The Balaban J connectivity index is 1.30. The van der Waals surface area contributed by atoms with Crippen LogP contribution < -0.4 is 9.47 Å². The van der Waals surface area contributed by atoms with Crippen molar-refractivity contribution in [2.75, 3.05) is 0 Å². The molecule has 2 nitrogen and oxygen atoms in total. The van der Waals surface area contributed by atoms with Crippen molar-refractivity contribution in [3.8, 4) is 44.9 Å². The van der Waals surface area contributed by atoms with Crippen molar-refractivity contribution in [2.45, 2.75) is 38.7 Å². The van der Waals surface area contributed by atoms with Crippen LogP contribution in [0.2, 0.25) is 0 Å². The summed E-state index contributed by atoms with van der Waals surface area (Å²) in [7, 11) is 0. The summed E-state index contributed by atoms with van der Waals surface area (Å²) in [4.78, 5) is 0. The van der Waals surface area contributed by atoms with Gasteiger partial charge in [-0.05, 0) is 88.7 Å². The number of ether oxygens (including phenoxy) is 2. The Morgan fingerprint density at radius 1 is 0.532 bits per heavy atom. The zero-order chi connectivity index (χ0) is 33.9. The Morgan fingerprint density at radius 2 is 1.06 bits per heavy atom. The third-order valence-corrected chi connectivity index (χ3v) is 7.31. The molecule has 0 atom stereocenters. The lowest BCUT2D eigenvalue weighted by Gasteiger charge is -2.20. The van der Waals surface area contributed by atoms with Gasteiger partial charge in [0.25, 0.3) is 0 Å². The number of hydrogen-bond donors (Lipinski definition) is 0. The molecule has 11 heteroatoms. The molecule has 5 rings (SSSR count). The summed E-state index contributed by atoms with van der Waals surface area (Å²) >= 11 is 0. The molecule has 0 heterocycles. The highest BCUT2D eigenvalue weighted by Crippen LogP contribution is 2.38. The smallest absolute Gasteiger partial charge is 0.429 e. The molecule has 0 unspecified atom stereocenters. The third-order valence-electron chi connectivity index (χ3n) is 7.31. The molecule has 0 aliphatic rings. The van der Waals surface area contributed by atoms with E-state index < -0.39 is 52.8 Å². The first-order valence-corrected chi connectivity index (χ1v) is 14.4. The zero-order valence-corrected chi connectivity index (χ0v) is 24.6. The Hall–Kier alpha value is -4.93. The monoisotopic (exact) mass is 660 g/mol. The maximum Gasteiger partial charge on any atom is 0.573 e. The summed E-state index contributed by atoms with van der Waals surface area (Å²) in [6.45, 7) is 2.06. The lowest BCUT2D eigenvalue weighted by molar-refractivity contribution is -0.275. The molecule has 0 saturated heterocycles. The normalized spacial score (nSPS) is 11.9. The number of aryl methyl sites for hydroxylation is 1. The van der Waals surface area contributed by atoms with Gasteiger partial charge in [-0.1, -0.05) is 67.9 Å². The predicted octanol–water partition coefficient (Wildman–Crippen LogP) is 11.6. The van der Waals surface area contributed by atoms with E-state index in [1.807, 2.05) is 12.1 Å². The summed E-state index contributed by atoms with van der Waals surface area (Å²) in [5.74, 6) is -6.68. The summed E-state index contributed by atoms with van der Waals surface area (Å²) in [6, 6.07) is 19.6. The average molecular weight is 661 g/mol. The van der Waals surface area contributed by atoms with Crippen LogP contribution in [0.5, 0.6) is 11.5 Å². The van der Waals surface area contributed by atoms with Crippen LogP contribution in [0, 0.1) is 23.3 Å². The maximum absolute atomic E-state index is 15.0. The molecule has 0 aliphatic heterocycles. The van der Waals surface area contributed by atoms with Crippen LogP contribution in [0.1, 0.15) is 30.9 Å². The van der Waals surface area contributed by atoms with Crippen molar-refractivity contribution in [1.82, 2.24) is 0 Å². The highest BCUT2D eigenvalue weighted by atomic mass is 19.4. The van der Waals surface area contributed by atoms with E-state index in [4.69, 9.17) is 0 Å². The molecule has 47 heavy (non-hydrogen) atoms. The van der Waals surface area contributed by atoms with E-state index >= 15 is 8.78 Å². The number of alkyl halides is 5. The molecule has 0 radical (unpaired) electrons. The molecule has 5 aromatic carbocycles. The first-order valence-electron chi connectivity index (χ1n) is 14.4. The Kier molecular flexibility index (Phi) is 9.55. The molecular formula is C36H25F9O2. The van der Waals surface area contributed by atoms with E-state index in [0.717, 1.165) is 67.3 Å². The molecule has 0 fully saturated rings. The van der Waals surface area contributed by atoms with Crippen LogP contribution in [0.25, 0.3) is 33.4 Å². The molecule has 0 saturated carbocycles. The summed E-state index contributed by atoms with van der Waals surface area (Å²) < 4.78 is 135. The topological polar surface area (TPSA) is 18.5 Å². The highest BCUT2D eigenvalue weighted by Gasteiger charge is 2.41. The number of rotatable bonds is 10. The molecule has 0 aromatic heterocycles. The van der Waals surface area contributed by atoms with E-state index in [1.165, 1.54) is 24.3 Å². The zero-order valence-electron chi connectivity index (χ0n) is 24.6. The lowest BCUT2D eigenvalue weighted by Crippen LogP contribution is -2.25. The van der Waals surface area contributed by atoms with E-state index in [-0.39, 0.29) is 22.3 Å². The molecule has 244 valence electrons. The van der Waals surface area contributed by atoms with Gasteiger partial charge < -0.3 is 9.47 Å². The van der Waals surface area contributed by atoms with Crippen LogP contribution in [-0.2, 0) is 12.5 Å². The van der Waals surface area contributed by atoms with Crippen molar-refractivity contribution >= 4 is 0 Å². The van der Waals surface area contributed by atoms with Gasteiger partial charge in [-0.15, -0.1) is 13.2 Å². The van der Waals surface area contributed by atoms with Crippen LogP contribution in [-0.4, -0.2) is 6.36 Å². The molecule has 0 aliphatic carbocycles. The van der Waals surface area contributed by atoms with Crippen LogP contribution in [0.4, 0.5) is 39.5 Å². The van der Waals surface area contributed by atoms with Crippen LogP contribution in [0.3, 0.4) is 0 Å². The number of halogens is 9.